The molecule has 0 bridgehead atoms. The van der Waals surface area contributed by atoms with Crippen molar-refractivity contribution in [3.63, 3.8) is 0 Å². The lowest BCUT2D eigenvalue weighted by Crippen LogP contribution is -2.14. The zero-order valence-corrected chi connectivity index (χ0v) is 6.60. The summed E-state index contributed by atoms with van der Waals surface area (Å²) in [4.78, 5) is 10.2. The monoisotopic (exact) mass is 192 g/mol. The number of carbonyl (C=O) groups excluding carboxylic acids is 1. The second kappa shape index (κ2) is 3.64. The van der Waals surface area contributed by atoms with Crippen molar-refractivity contribution < 1.29 is 22.7 Å². The molecule has 2 nitrogen and oxygen atoms in total. The van der Waals surface area contributed by atoms with Gasteiger partial charge >= 0.3 is 6.36 Å². The Hall–Kier alpha value is -1.26. The van der Waals surface area contributed by atoms with E-state index in [9.17, 15) is 18.0 Å². The quantitative estimate of drug-likeness (QED) is 0.627. The van der Waals surface area contributed by atoms with E-state index in [4.69, 9.17) is 0 Å². The molecule has 0 aliphatic heterocycles. The van der Waals surface area contributed by atoms with Gasteiger partial charge in [-0.05, 0) is 18.1 Å². The van der Waals surface area contributed by atoms with Crippen molar-refractivity contribution in [2.75, 3.05) is 0 Å². The van der Waals surface area contributed by atoms with Crippen LogP contribution in [0.2, 0.25) is 0 Å². The molecule has 0 radical (unpaired) electrons. The minimum atomic E-state index is -4.64. The van der Waals surface area contributed by atoms with Gasteiger partial charge in [-0.1, -0.05) is 6.08 Å². The highest BCUT2D eigenvalue weighted by Gasteiger charge is 2.32. The number of aldehydes is 1. The third-order valence-electron chi connectivity index (χ3n) is 1.54. The van der Waals surface area contributed by atoms with Crippen molar-refractivity contribution in [1.29, 1.82) is 0 Å². The van der Waals surface area contributed by atoms with Gasteiger partial charge in [0.25, 0.3) is 0 Å². The van der Waals surface area contributed by atoms with Crippen LogP contribution < -0.4 is 0 Å². The van der Waals surface area contributed by atoms with E-state index in [2.05, 4.69) is 4.74 Å². The number of hydrogen-bond donors (Lipinski definition) is 0. The van der Waals surface area contributed by atoms with Gasteiger partial charge in [-0.2, -0.15) is 0 Å². The molecule has 0 fully saturated rings. The molecule has 5 heteroatoms. The van der Waals surface area contributed by atoms with Crippen molar-refractivity contribution in [1.82, 2.24) is 0 Å². The smallest absolute Gasteiger partial charge is 0.410 e. The van der Waals surface area contributed by atoms with Crippen molar-refractivity contribution in [3.05, 3.63) is 23.5 Å². The number of ether oxygens (including phenoxy) is 1. The predicted octanol–water partition coefficient (Wildman–Crippen LogP) is 2.33. The first-order valence-electron chi connectivity index (χ1n) is 3.62. The molecule has 0 saturated carbocycles. The number of carbonyl (C=O) groups is 1. The Labute approximate surface area is 72.7 Å². The van der Waals surface area contributed by atoms with Gasteiger partial charge in [0, 0.05) is 6.42 Å². The molecule has 0 aromatic heterocycles. The third kappa shape index (κ3) is 3.31. The van der Waals surface area contributed by atoms with Crippen molar-refractivity contribution >= 4 is 6.29 Å². The average molecular weight is 192 g/mol. The van der Waals surface area contributed by atoms with Gasteiger partial charge in [0.15, 0.2) is 0 Å². The lowest BCUT2D eigenvalue weighted by Gasteiger charge is -2.14. The van der Waals surface area contributed by atoms with Crippen LogP contribution in [-0.2, 0) is 9.53 Å². The summed E-state index contributed by atoms with van der Waals surface area (Å²) in [6.07, 6.45) is -1.10. The molecule has 1 aliphatic rings. The number of hydrogen-bond acceptors (Lipinski definition) is 2. The lowest BCUT2D eigenvalue weighted by molar-refractivity contribution is -0.306. The highest BCUT2D eigenvalue weighted by atomic mass is 19.4. The number of alkyl halides is 3. The molecular formula is C8H7F3O2. The SMILES string of the molecule is O=CC1=CC=C(OC(F)(F)F)CC1. The van der Waals surface area contributed by atoms with Crippen molar-refractivity contribution in [2.24, 2.45) is 0 Å². The van der Waals surface area contributed by atoms with Gasteiger partial charge in [0.2, 0.25) is 0 Å². The third-order valence-corrected chi connectivity index (χ3v) is 1.54. The molecule has 0 aromatic rings. The Morgan fingerprint density at radius 1 is 1.31 bits per heavy atom. The second-order valence-corrected chi connectivity index (χ2v) is 2.54. The zero-order valence-electron chi connectivity index (χ0n) is 6.60. The number of rotatable bonds is 2. The maximum atomic E-state index is 11.7. The molecule has 0 heterocycles. The first-order chi connectivity index (χ1) is 6.01. The van der Waals surface area contributed by atoms with E-state index in [-0.39, 0.29) is 12.2 Å². The van der Waals surface area contributed by atoms with Crippen LogP contribution in [0.5, 0.6) is 0 Å². The van der Waals surface area contributed by atoms with E-state index < -0.39 is 6.36 Å². The molecule has 0 aromatic carbocycles. The van der Waals surface area contributed by atoms with E-state index in [0.717, 1.165) is 0 Å². The van der Waals surface area contributed by atoms with E-state index in [1.807, 2.05) is 0 Å². The largest absolute Gasteiger partial charge is 0.572 e. The van der Waals surface area contributed by atoms with Crippen LogP contribution in [0, 0.1) is 0 Å². The zero-order chi connectivity index (χ0) is 9.90. The summed E-state index contributed by atoms with van der Waals surface area (Å²) in [5, 5.41) is 0. The molecule has 0 saturated heterocycles. The van der Waals surface area contributed by atoms with E-state index >= 15 is 0 Å². The van der Waals surface area contributed by atoms with Crippen LogP contribution in [0.15, 0.2) is 23.5 Å². The fourth-order valence-corrected chi connectivity index (χ4v) is 0.966. The highest BCUT2D eigenvalue weighted by molar-refractivity contribution is 5.74. The molecule has 0 amide bonds. The maximum Gasteiger partial charge on any atom is 0.572 e. The van der Waals surface area contributed by atoms with E-state index in [1.165, 1.54) is 12.2 Å². The summed E-state index contributed by atoms with van der Waals surface area (Å²) in [7, 11) is 0. The highest BCUT2D eigenvalue weighted by Crippen LogP contribution is 2.26. The molecule has 0 unspecified atom stereocenters. The summed E-state index contributed by atoms with van der Waals surface area (Å²) < 4.78 is 38.7. The summed E-state index contributed by atoms with van der Waals surface area (Å²) in [5.74, 6) is -0.155. The topological polar surface area (TPSA) is 26.3 Å². The molecule has 1 aliphatic carbocycles. The second-order valence-electron chi connectivity index (χ2n) is 2.54. The molecule has 13 heavy (non-hydrogen) atoms. The van der Waals surface area contributed by atoms with Gasteiger partial charge in [-0.25, -0.2) is 0 Å². The fourth-order valence-electron chi connectivity index (χ4n) is 0.966. The van der Waals surface area contributed by atoms with Gasteiger partial charge in [0.1, 0.15) is 12.0 Å². The fraction of sp³-hybridized carbons (Fsp3) is 0.375. The normalized spacial score (nSPS) is 17.5. The van der Waals surface area contributed by atoms with Gasteiger partial charge in [-0.3, -0.25) is 4.79 Å². The standard InChI is InChI=1S/C8H7F3O2/c9-8(10,11)13-7-3-1-6(5-12)2-4-7/h1,3,5H,2,4H2. The number of allylic oxidation sites excluding steroid dienone is 4. The van der Waals surface area contributed by atoms with Crippen molar-refractivity contribution in [2.45, 2.75) is 19.2 Å². The lowest BCUT2D eigenvalue weighted by atomic mass is 10.1. The van der Waals surface area contributed by atoms with E-state index in [0.29, 0.717) is 18.3 Å². The Bertz CT molecular complexity index is 263. The Kier molecular flexibility index (Phi) is 2.75. The predicted molar refractivity (Wildman–Crippen MR) is 38.6 cm³/mol. The first kappa shape index (κ1) is 9.83. The van der Waals surface area contributed by atoms with Gasteiger partial charge in [-0.15, -0.1) is 13.2 Å². The Balaban J connectivity index is 2.60. The van der Waals surface area contributed by atoms with Gasteiger partial charge < -0.3 is 4.74 Å². The van der Waals surface area contributed by atoms with Crippen LogP contribution in [0.25, 0.3) is 0 Å². The van der Waals surface area contributed by atoms with Gasteiger partial charge in [0.05, 0.1) is 0 Å². The molecule has 1 rings (SSSR count). The summed E-state index contributed by atoms with van der Waals surface area (Å²) in [6.45, 7) is 0. The molecule has 0 atom stereocenters. The molecule has 72 valence electrons. The Morgan fingerprint density at radius 3 is 2.38 bits per heavy atom. The number of halogens is 3. The van der Waals surface area contributed by atoms with Crippen molar-refractivity contribution in [3.8, 4) is 0 Å². The molecular weight excluding hydrogens is 185 g/mol. The molecule has 0 spiro atoms. The van der Waals surface area contributed by atoms with Crippen LogP contribution >= 0.6 is 0 Å². The molecule has 0 N–H and O–H groups in total. The first-order valence-corrected chi connectivity index (χ1v) is 3.62. The van der Waals surface area contributed by atoms with Crippen LogP contribution in [-0.4, -0.2) is 12.6 Å². The summed E-state index contributed by atoms with van der Waals surface area (Å²) >= 11 is 0. The Morgan fingerprint density at radius 2 is 2.00 bits per heavy atom. The maximum absolute atomic E-state index is 11.7. The van der Waals surface area contributed by atoms with E-state index in [1.54, 1.807) is 0 Å². The minimum Gasteiger partial charge on any atom is -0.410 e. The van der Waals surface area contributed by atoms with Crippen LogP contribution in [0.3, 0.4) is 0 Å². The summed E-state index contributed by atoms with van der Waals surface area (Å²) in [5.41, 5.74) is 0.481. The summed E-state index contributed by atoms with van der Waals surface area (Å²) in [6, 6.07) is 0. The average Bonchev–Trinajstić information content (AvgIpc) is 2.03. The minimum absolute atomic E-state index is 0.115. The van der Waals surface area contributed by atoms with Crippen LogP contribution in [0.4, 0.5) is 13.2 Å². The van der Waals surface area contributed by atoms with Crippen LogP contribution in [0.1, 0.15) is 12.8 Å².